The summed E-state index contributed by atoms with van der Waals surface area (Å²) < 4.78 is 1.71. The molecule has 1 aliphatic rings. The molecule has 0 bridgehead atoms. The fourth-order valence-electron chi connectivity index (χ4n) is 3.35. The normalized spacial score (nSPS) is 17.2. The average molecular weight is 336 g/mol. The summed E-state index contributed by atoms with van der Waals surface area (Å²) in [5.74, 6) is -0.0312. The third kappa shape index (κ3) is 2.35. The summed E-state index contributed by atoms with van der Waals surface area (Å²) in [6.45, 7) is 4.84. The Morgan fingerprint density at radius 2 is 2.29 bits per heavy atom. The second kappa shape index (κ2) is 5.74. The first kappa shape index (κ1) is 15.4. The molecule has 4 heterocycles. The van der Waals surface area contributed by atoms with Crippen molar-refractivity contribution in [1.29, 1.82) is 0 Å². The lowest BCUT2D eigenvalue weighted by Crippen LogP contribution is -2.38. The van der Waals surface area contributed by atoms with E-state index in [0.717, 1.165) is 25.1 Å². The highest BCUT2D eigenvalue weighted by atomic mass is 32.1. The van der Waals surface area contributed by atoms with Crippen molar-refractivity contribution in [3.8, 4) is 0 Å². The molecule has 24 heavy (non-hydrogen) atoms. The quantitative estimate of drug-likeness (QED) is 0.672. The molecule has 3 aromatic heterocycles. The SMILES string of the molecule is [B]c1cc2nc(C(=O)N3CCc4sccc4[C@H]3C)cc(CC)n2n1. The van der Waals surface area contributed by atoms with Crippen molar-refractivity contribution in [2.75, 3.05) is 6.54 Å². The predicted octanol–water partition coefficient (Wildman–Crippen LogP) is 1.91. The highest BCUT2D eigenvalue weighted by Gasteiger charge is 2.30. The summed E-state index contributed by atoms with van der Waals surface area (Å²) in [7, 11) is 5.78. The van der Waals surface area contributed by atoms with Crippen LogP contribution in [0.25, 0.3) is 5.65 Å². The summed E-state index contributed by atoms with van der Waals surface area (Å²) in [5, 5.41) is 6.34. The number of fused-ring (bicyclic) bond motifs is 2. The Balaban J connectivity index is 1.73. The van der Waals surface area contributed by atoms with Crippen molar-refractivity contribution in [3.05, 3.63) is 45.4 Å². The van der Waals surface area contributed by atoms with Crippen LogP contribution in [0.3, 0.4) is 0 Å². The van der Waals surface area contributed by atoms with Gasteiger partial charge in [0.05, 0.1) is 6.04 Å². The first-order chi connectivity index (χ1) is 11.6. The van der Waals surface area contributed by atoms with Crippen LogP contribution in [0.4, 0.5) is 0 Å². The van der Waals surface area contributed by atoms with Gasteiger partial charge in [0.2, 0.25) is 0 Å². The van der Waals surface area contributed by atoms with Gasteiger partial charge in [-0.15, -0.1) is 11.3 Å². The van der Waals surface area contributed by atoms with E-state index >= 15 is 0 Å². The standard InChI is InChI=1S/C17H17BN4OS/c1-3-11-8-13(19-16-9-15(18)20-22(11)16)17(23)21-6-4-14-12(10(21)2)5-7-24-14/h5,7-10H,3-4,6H2,1-2H3/t10-/m1/s1. The molecule has 0 aliphatic carbocycles. The van der Waals surface area contributed by atoms with Gasteiger partial charge in [0.1, 0.15) is 13.5 Å². The Morgan fingerprint density at radius 3 is 3.08 bits per heavy atom. The lowest BCUT2D eigenvalue weighted by molar-refractivity contribution is 0.0673. The molecule has 0 unspecified atom stereocenters. The van der Waals surface area contributed by atoms with E-state index < -0.39 is 0 Å². The third-order valence-corrected chi connectivity index (χ3v) is 5.64. The number of aryl methyl sites for hydroxylation is 1. The zero-order valence-electron chi connectivity index (χ0n) is 13.7. The Hall–Kier alpha value is -2.15. The Bertz CT molecular complexity index is 932. The van der Waals surface area contributed by atoms with E-state index in [9.17, 15) is 4.79 Å². The van der Waals surface area contributed by atoms with Crippen LogP contribution in [0.1, 0.15) is 46.5 Å². The minimum Gasteiger partial charge on any atom is -0.330 e. The molecule has 4 rings (SSSR count). The molecule has 1 amide bonds. The average Bonchev–Trinajstić information content (AvgIpc) is 3.19. The molecule has 5 nitrogen and oxygen atoms in total. The molecule has 1 atom stereocenters. The van der Waals surface area contributed by atoms with Crippen LogP contribution in [0.2, 0.25) is 0 Å². The van der Waals surface area contributed by atoms with Crippen LogP contribution in [-0.4, -0.2) is 39.8 Å². The molecule has 0 N–H and O–H groups in total. The van der Waals surface area contributed by atoms with Crippen molar-refractivity contribution in [1.82, 2.24) is 19.5 Å². The molecule has 0 saturated carbocycles. The highest BCUT2D eigenvalue weighted by molar-refractivity contribution is 7.10. The fraction of sp³-hybridized carbons (Fsp3) is 0.353. The summed E-state index contributed by atoms with van der Waals surface area (Å²) in [6.07, 6.45) is 1.66. The lowest BCUT2D eigenvalue weighted by Gasteiger charge is -2.33. The number of hydrogen-bond acceptors (Lipinski definition) is 4. The van der Waals surface area contributed by atoms with E-state index in [4.69, 9.17) is 7.85 Å². The number of nitrogens with zero attached hydrogens (tertiary/aromatic N) is 4. The van der Waals surface area contributed by atoms with Gasteiger partial charge in [0.25, 0.3) is 5.91 Å². The number of thiophene rings is 1. The lowest BCUT2D eigenvalue weighted by atomic mass is 10.0. The number of hydrogen-bond donors (Lipinski definition) is 0. The van der Waals surface area contributed by atoms with Crippen LogP contribution in [0, 0.1) is 0 Å². The molecule has 2 radical (unpaired) electrons. The van der Waals surface area contributed by atoms with E-state index in [1.54, 1.807) is 21.9 Å². The van der Waals surface area contributed by atoms with Crippen LogP contribution in [-0.2, 0) is 12.8 Å². The van der Waals surface area contributed by atoms with Gasteiger partial charge in [-0.3, -0.25) is 4.79 Å². The van der Waals surface area contributed by atoms with Gasteiger partial charge in [0, 0.05) is 22.7 Å². The minimum absolute atomic E-state index is 0.0312. The largest absolute Gasteiger partial charge is 0.330 e. The molecular formula is C17H17BN4OS. The summed E-state index contributed by atoms with van der Waals surface area (Å²) in [6, 6.07) is 5.73. The Morgan fingerprint density at radius 1 is 1.46 bits per heavy atom. The number of rotatable bonds is 2. The first-order valence-electron chi connectivity index (χ1n) is 8.11. The highest BCUT2D eigenvalue weighted by Crippen LogP contribution is 2.33. The maximum atomic E-state index is 13.1. The summed E-state index contributed by atoms with van der Waals surface area (Å²) >= 11 is 1.77. The molecule has 0 aromatic carbocycles. The van der Waals surface area contributed by atoms with E-state index in [2.05, 4.69) is 28.5 Å². The Kier molecular flexibility index (Phi) is 3.68. The van der Waals surface area contributed by atoms with E-state index in [1.807, 2.05) is 17.9 Å². The molecule has 3 aromatic rings. The molecule has 0 saturated heterocycles. The summed E-state index contributed by atoms with van der Waals surface area (Å²) in [5.41, 5.74) is 3.68. The topological polar surface area (TPSA) is 50.5 Å². The van der Waals surface area contributed by atoms with Crippen molar-refractivity contribution in [2.45, 2.75) is 32.7 Å². The minimum atomic E-state index is -0.0312. The zero-order chi connectivity index (χ0) is 16.8. The Labute approximate surface area is 145 Å². The number of aromatic nitrogens is 3. The second-order valence-electron chi connectivity index (χ2n) is 6.05. The van der Waals surface area contributed by atoms with Gasteiger partial charge in [-0.05, 0) is 48.9 Å². The molecule has 7 heteroatoms. The van der Waals surface area contributed by atoms with Crippen LogP contribution >= 0.6 is 11.3 Å². The maximum Gasteiger partial charge on any atom is 0.273 e. The number of carbonyl (C=O) groups excluding carboxylic acids is 1. The van der Waals surface area contributed by atoms with Gasteiger partial charge in [0.15, 0.2) is 5.65 Å². The molecule has 120 valence electrons. The van der Waals surface area contributed by atoms with Crippen LogP contribution in [0.15, 0.2) is 23.6 Å². The van der Waals surface area contributed by atoms with E-state index in [-0.39, 0.29) is 11.9 Å². The number of amides is 1. The van der Waals surface area contributed by atoms with E-state index in [0.29, 0.717) is 16.9 Å². The smallest absolute Gasteiger partial charge is 0.273 e. The molecule has 0 fully saturated rings. The third-order valence-electron chi connectivity index (χ3n) is 4.64. The monoisotopic (exact) mass is 336 g/mol. The molecular weight excluding hydrogens is 319 g/mol. The van der Waals surface area contributed by atoms with Crippen molar-refractivity contribution in [3.63, 3.8) is 0 Å². The predicted molar refractivity (Wildman–Crippen MR) is 95.2 cm³/mol. The molecule has 0 spiro atoms. The van der Waals surface area contributed by atoms with Gasteiger partial charge in [-0.25, -0.2) is 9.50 Å². The van der Waals surface area contributed by atoms with Crippen LogP contribution < -0.4 is 5.59 Å². The van der Waals surface area contributed by atoms with Gasteiger partial charge in [-0.1, -0.05) is 6.92 Å². The second-order valence-corrected chi connectivity index (χ2v) is 7.05. The van der Waals surface area contributed by atoms with Gasteiger partial charge >= 0.3 is 0 Å². The van der Waals surface area contributed by atoms with Crippen molar-refractivity contribution >= 4 is 36.3 Å². The first-order valence-corrected chi connectivity index (χ1v) is 8.99. The number of carbonyl (C=O) groups is 1. The zero-order valence-corrected chi connectivity index (χ0v) is 14.5. The van der Waals surface area contributed by atoms with Crippen molar-refractivity contribution < 1.29 is 4.79 Å². The van der Waals surface area contributed by atoms with Gasteiger partial charge in [-0.2, -0.15) is 5.10 Å². The van der Waals surface area contributed by atoms with Gasteiger partial charge < -0.3 is 4.90 Å². The van der Waals surface area contributed by atoms with Crippen LogP contribution in [0.5, 0.6) is 0 Å². The van der Waals surface area contributed by atoms with E-state index in [1.165, 1.54) is 10.4 Å². The maximum absolute atomic E-state index is 13.1. The summed E-state index contributed by atoms with van der Waals surface area (Å²) in [4.78, 5) is 20.8. The molecule has 1 aliphatic heterocycles. The van der Waals surface area contributed by atoms with Crippen molar-refractivity contribution in [2.24, 2.45) is 0 Å². The fourth-order valence-corrected chi connectivity index (χ4v) is 4.31.